The second-order valence-corrected chi connectivity index (χ2v) is 1.80. The van der Waals surface area contributed by atoms with E-state index >= 15 is 0 Å². The molecule has 0 aromatic heterocycles. The summed E-state index contributed by atoms with van der Waals surface area (Å²) in [5.74, 6) is 0. The minimum absolute atomic E-state index is 1.08. The lowest BCUT2D eigenvalue weighted by Gasteiger charge is -1.82. The molecule has 2 N–H and O–H groups in total. The molecule has 9 heavy (non-hydrogen) atoms. The average Bonchev–Trinajstić information content (AvgIpc) is 1.89. The summed E-state index contributed by atoms with van der Waals surface area (Å²) < 4.78 is 0. The third kappa shape index (κ3) is 4.88. The smallest absolute Gasteiger partial charge is 0.00325 e. The van der Waals surface area contributed by atoms with E-state index in [9.17, 15) is 0 Å². The number of rotatable bonds is 2. The first-order chi connectivity index (χ1) is 4.31. The molecular weight excluding hydrogens is 110 g/mol. The molecule has 0 amide bonds. The first-order valence-corrected chi connectivity index (χ1v) is 2.99. The monoisotopic (exact) mass is 123 g/mol. The molecule has 0 saturated carbocycles. The Balaban J connectivity index is 3.71. The highest BCUT2D eigenvalue weighted by Gasteiger charge is 1.72. The van der Waals surface area contributed by atoms with Crippen molar-refractivity contribution >= 4 is 0 Å². The maximum absolute atomic E-state index is 5.22. The van der Waals surface area contributed by atoms with Gasteiger partial charge >= 0.3 is 0 Å². The molecule has 0 aliphatic carbocycles. The van der Waals surface area contributed by atoms with Gasteiger partial charge in [0.25, 0.3) is 0 Å². The zero-order valence-corrected chi connectivity index (χ0v) is 5.96. The van der Waals surface area contributed by atoms with Crippen LogP contribution >= 0.6 is 0 Å². The van der Waals surface area contributed by atoms with Crippen LogP contribution in [0.15, 0.2) is 36.1 Å². The third-order valence-electron chi connectivity index (χ3n) is 0.926. The molecule has 1 nitrogen and oxygen atoms in total. The van der Waals surface area contributed by atoms with Gasteiger partial charge in [-0.3, -0.25) is 0 Å². The van der Waals surface area contributed by atoms with Crippen LogP contribution in [-0.2, 0) is 0 Å². The second kappa shape index (κ2) is 5.16. The highest BCUT2D eigenvalue weighted by atomic mass is 14.5. The minimum Gasteiger partial charge on any atom is -0.404 e. The highest BCUT2D eigenvalue weighted by Crippen LogP contribution is 1.90. The largest absolute Gasteiger partial charge is 0.404 e. The number of hydrogen-bond acceptors (Lipinski definition) is 1. The van der Waals surface area contributed by atoms with E-state index in [1.165, 1.54) is 0 Å². The van der Waals surface area contributed by atoms with E-state index in [0.29, 0.717) is 0 Å². The fraction of sp³-hybridized carbons (Fsp3) is 0.250. The standard InChI is InChI=1S/C8H13N/c1-3-4-5-6-8(2)7-9/h3-7H,9H2,1-2H3/b4-3+,6-5-,8-7-. The van der Waals surface area contributed by atoms with E-state index in [1.807, 2.05) is 38.2 Å². The van der Waals surface area contributed by atoms with Crippen molar-refractivity contribution in [1.29, 1.82) is 0 Å². The van der Waals surface area contributed by atoms with Gasteiger partial charge in [0.15, 0.2) is 0 Å². The van der Waals surface area contributed by atoms with Gasteiger partial charge in [-0.05, 0) is 25.6 Å². The summed E-state index contributed by atoms with van der Waals surface area (Å²) in [4.78, 5) is 0. The summed E-state index contributed by atoms with van der Waals surface area (Å²) in [6, 6.07) is 0. The van der Waals surface area contributed by atoms with Gasteiger partial charge in [-0.15, -0.1) is 0 Å². The minimum atomic E-state index is 1.08. The molecular formula is C8H13N. The van der Waals surface area contributed by atoms with Crippen LogP contribution < -0.4 is 5.73 Å². The Bertz CT molecular complexity index is 141. The Kier molecular flexibility index (Phi) is 4.60. The Labute approximate surface area is 56.6 Å². The van der Waals surface area contributed by atoms with Gasteiger partial charge in [-0.25, -0.2) is 0 Å². The number of hydrogen-bond donors (Lipinski definition) is 1. The molecule has 0 spiro atoms. The second-order valence-electron chi connectivity index (χ2n) is 1.80. The van der Waals surface area contributed by atoms with E-state index in [4.69, 9.17) is 5.73 Å². The van der Waals surface area contributed by atoms with Crippen molar-refractivity contribution in [3.63, 3.8) is 0 Å². The normalized spacial score (nSPS) is 13.8. The zero-order chi connectivity index (χ0) is 7.11. The summed E-state index contributed by atoms with van der Waals surface area (Å²) in [6.45, 7) is 3.94. The summed E-state index contributed by atoms with van der Waals surface area (Å²) in [5, 5.41) is 0. The number of nitrogens with two attached hydrogens (primary N) is 1. The lowest BCUT2D eigenvalue weighted by molar-refractivity contribution is 1.43. The summed E-state index contributed by atoms with van der Waals surface area (Å²) >= 11 is 0. The average molecular weight is 123 g/mol. The van der Waals surface area contributed by atoms with Gasteiger partial charge in [0.1, 0.15) is 0 Å². The van der Waals surface area contributed by atoms with Gasteiger partial charge in [-0.2, -0.15) is 0 Å². The van der Waals surface area contributed by atoms with Crippen molar-refractivity contribution in [3.05, 3.63) is 36.1 Å². The maximum atomic E-state index is 5.22. The Morgan fingerprint density at radius 3 is 2.44 bits per heavy atom. The molecule has 50 valence electrons. The van der Waals surface area contributed by atoms with Gasteiger partial charge in [-0.1, -0.05) is 24.3 Å². The number of allylic oxidation sites excluding steroid dienone is 5. The van der Waals surface area contributed by atoms with Crippen molar-refractivity contribution in [3.8, 4) is 0 Å². The Hall–Kier alpha value is -0.980. The molecule has 0 unspecified atom stereocenters. The van der Waals surface area contributed by atoms with Crippen molar-refractivity contribution < 1.29 is 0 Å². The van der Waals surface area contributed by atoms with Crippen molar-refractivity contribution in [2.75, 3.05) is 0 Å². The van der Waals surface area contributed by atoms with E-state index in [2.05, 4.69) is 0 Å². The first kappa shape index (κ1) is 8.02. The lowest BCUT2D eigenvalue weighted by Crippen LogP contribution is -1.79. The van der Waals surface area contributed by atoms with Crippen LogP contribution in [0, 0.1) is 0 Å². The van der Waals surface area contributed by atoms with Crippen LogP contribution in [-0.4, -0.2) is 0 Å². The molecule has 0 heterocycles. The van der Waals surface area contributed by atoms with Gasteiger partial charge < -0.3 is 5.73 Å². The zero-order valence-electron chi connectivity index (χ0n) is 5.96. The summed E-state index contributed by atoms with van der Waals surface area (Å²) in [7, 11) is 0. The Morgan fingerprint density at radius 2 is 2.00 bits per heavy atom. The SMILES string of the molecule is C/C=C/C=C\C(C)=C/N. The fourth-order valence-electron chi connectivity index (χ4n) is 0.374. The Morgan fingerprint density at radius 1 is 1.33 bits per heavy atom. The van der Waals surface area contributed by atoms with E-state index in [-0.39, 0.29) is 0 Å². The van der Waals surface area contributed by atoms with Gasteiger partial charge in [0.05, 0.1) is 0 Å². The molecule has 0 rings (SSSR count). The van der Waals surface area contributed by atoms with Gasteiger partial charge in [0.2, 0.25) is 0 Å². The highest BCUT2D eigenvalue weighted by molar-refractivity contribution is 5.18. The molecule has 1 heteroatoms. The van der Waals surface area contributed by atoms with Crippen molar-refractivity contribution in [2.45, 2.75) is 13.8 Å². The predicted molar refractivity (Wildman–Crippen MR) is 41.9 cm³/mol. The molecule has 0 radical (unpaired) electrons. The molecule has 0 aromatic carbocycles. The third-order valence-corrected chi connectivity index (χ3v) is 0.926. The van der Waals surface area contributed by atoms with Crippen molar-refractivity contribution in [2.24, 2.45) is 5.73 Å². The van der Waals surface area contributed by atoms with Crippen LogP contribution in [0.2, 0.25) is 0 Å². The van der Waals surface area contributed by atoms with Crippen LogP contribution in [0.25, 0.3) is 0 Å². The molecule has 0 aromatic rings. The molecule has 0 fully saturated rings. The van der Waals surface area contributed by atoms with E-state index in [0.717, 1.165) is 5.57 Å². The molecule has 0 aliphatic rings. The van der Waals surface area contributed by atoms with Crippen LogP contribution in [0.3, 0.4) is 0 Å². The quantitative estimate of drug-likeness (QED) is 0.558. The lowest BCUT2D eigenvalue weighted by atomic mass is 10.3. The molecule has 0 saturated heterocycles. The van der Waals surface area contributed by atoms with E-state index in [1.54, 1.807) is 6.20 Å². The van der Waals surface area contributed by atoms with E-state index < -0.39 is 0 Å². The summed E-state index contributed by atoms with van der Waals surface area (Å²) in [5.41, 5.74) is 6.29. The predicted octanol–water partition coefficient (Wildman–Crippen LogP) is 1.98. The molecule has 0 bridgehead atoms. The van der Waals surface area contributed by atoms with Crippen LogP contribution in [0.5, 0.6) is 0 Å². The summed E-state index contributed by atoms with van der Waals surface area (Å²) in [6.07, 6.45) is 9.44. The van der Waals surface area contributed by atoms with Crippen LogP contribution in [0.1, 0.15) is 13.8 Å². The van der Waals surface area contributed by atoms with Crippen molar-refractivity contribution in [1.82, 2.24) is 0 Å². The first-order valence-electron chi connectivity index (χ1n) is 2.99. The topological polar surface area (TPSA) is 26.0 Å². The molecule has 0 aliphatic heterocycles. The maximum Gasteiger partial charge on any atom is -0.00325 e. The van der Waals surface area contributed by atoms with Gasteiger partial charge in [0, 0.05) is 0 Å². The fourth-order valence-corrected chi connectivity index (χ4v) is 0.374. The molecule has 0 atom stereocenters. The van der Waals surface area contributed by atoms with Crippen LogP contribution in [0.4, 0.5) is 0 Å².